The van der Waals surface area contributed by atoms with Gasteiger partial charge < -0.3 is 21.1 Å². The Morgan fingerprint density at radius 3 is 1.00 bits per heavy atom. The molecule has 0 saturated heterocycles. The average Bonchev–Trinajstić information content (AvgIpc) is 2.31. The summed E-state index contributed by atoms with van der Waals surface area (Å²) in [6.07, 6.45) is 9.00. The van der Waals surface area contributed by atoms with E-state index in [0.717, 1.165) is 0 Å². The molecule has 0 aromatic heterocycles. The van der Waals surface area contributed by atoms with Gasteiger partial charge in [-0.05, 0) is 0 Å². The fraction of sp³-hybridized carbons (Fsp3) is 1.00. The number of rotatable bonds is 3. The molecule has 14 heavy (non-hydrogen) atoms. The fourth-order valence-corrected chi connectivity index (χ4v) is 1.21. The van der Waals surface area contributed by atoms with Crippen molar-refractivity contribution in [1.29, 1.82) is 0 Å². The van der Waals surface area contributed by atoms with Crippen LogP contribution in [-0.4, -0.2) is 40.7 Å². The quantitative estimate of drug-likeness (QED) is 0.522. The predicted octanol–water partition coefficient (Wildman–Crippen LogP) is 0.00140. The topological polar surface area (TPSA) is 86.7 Å². The normalized spacial score (nSPS) is 17.1. The molecule has 0 aliphatic heterocycles. The molecule has 0 radical (unpaired) electrons. The highest BCUT2D eigenvalue weighted by Gasteiger charge is 2.20. The summed E-state index contributed by atoms with van der Waals surface area (Å²) >= 11 is 0. The van der Waals surface area contributed by atoms with Gasteiger partial charge in [0.15, 0.2) is 0 Å². The van der Waals surface area contributed by atoms with Crippen LogP contribution in [0.1, 0.15) is 38.5 Å². The van der Waals surface area contributed by atoms with Crippen LogP contribution >= 0.6 is 0 Å². The van der Waals surface area contributed by atoms with Crippen molar-refractivity contribution in [3.05, 3.63) is 0 Å². The number of nitrogens with two attached hydrogens (primary N) is 1. The second-order valence-corrected chi connectivity index (χ2v) is 3.96. The highest BCUT2D eigenvalue weighted by atomic mass is 16.3. The molecule has 0 heterocycles. The van der Waals surface area contributed by atoms with E-state index in [2.05, 4.69) is 0 Å². The van der Waals surface area contributed by atoms with Crippen LogP contribution in [0.25, 0.3) is 0 Å². The van der Waals surface area contributed by atoms with Crippen LogP contribution in [0.15, 0.2) is 0 Å². The first-order valence-corrected chi connectivity index (χ1v) is 5.30. The summed E-state index contributed by atoms with van der Waals surface area (Å²) in [6.45, 7) is -1.21. The molecule has 1 aliphatic rings. The maximum Gasteiger partial charge on any atom is 0.0856 e. The fourth-order valence-electron chi connectivity index (χ4n) is 1.21. The van der Waals surface area contributed by atoms with Crippen LogP contribution in [0.2, 0.25) is 0 Å². The predicted molar refractivity (Wildman–Crippen MR) is 55.9 cm³/mol. The van der Waals surface area contributed by atoms with Gasteiger partial charge >= 0.3 is 0 Å². The van der Waals surface area contributed by atoms with Gasteiger partial charge in [-0.15, -0.1) is 0 Å². The van der Waals surface area contributed by atoms with Crippen molar-refractivity contribution in [1.82, 2.24) is 0 Å². The number of aliphatic hydroxyl groups is 3. The summed E-state index contributed by atoms with van der Waals surface area (Å²) in [5.74, 6) is 0. The molecular formula is C10H23NO3. The molecule has 0 spiro atoms. The van der Waals surface area contributed by atoms with E-state index in [9.17, 15) is 0 Å². The van der Waals surface area contributed by atoms with Crippen molar-refractivity contribution in [2.24, 2.45) is 5.73 Å². The molecule has 0 atom stereocenters. The summed E-state index contributed by atoms with van der Waals surface area (Å²) in [6, 6.07) is 0. The van der Waals surface area contributed by atoms with Crippen molar-refractivity contribution >= 4 is 0 Å². The van der Waals surface area contributed by atoms with Crippen molar-refractivity contribution in [2.75, 3.05) is 19.8 Å². The van der Waals surface area contributed by atoms with E-state index in [0.29, 0.717) is 0 Å². The number of aliphatic hydroxyl groups excluding tert-OH is 3. The van der Waals surface area contributed by atoms with Crippen LogP contribution in [0.3, 0.4) is 0 Å². The molecule has 0 unspecified atom stereocenters. The monoisotopic (exact) mass is 205 g/mol. The summed E-state index contributed by atoms with van der Waals surface area (Å²) in [4.78, 5) is 0. The Bertz CT molecular complexity index is 103. The second kappa shape index (κ2) is 8.17. The smallest absolute Gasteiger partial charge is 0.0856 e. The van der Waals surface area contributed by atoms with E-state index in [1.807, 2.05) is 0 Å². The highest BCUT2D eigenvalue weighted by molar-refractivity contribution is 4.80. The van der Waals surface area contributed by atoms with E-state index in [-0.39, 0.29) is 0 Å². The molecule has 4 nitrogen and oxygen atoms in total. The third-order valence-corrected chi connectivity index (χ3v) is 2.44. The third-order valence-electron chi connectivity index (χ3n) is 2.44. The molecule has 1 aliphatic carbocycles. The van der Waals surface area contributed by atoms with Crippen LogP contribution < -0.4 is 5.73 Å². The maximum atomic E-state index is 8.34. The Morgan fingerprint density at radius 2 is 0.929 bits per heavy atom. The summed E-state index contributed by atoms with van der Waals surface area (Å²) in [7, 11) is 0. The van der Waals surface area contributed by atoms with Gasteiger partial charge in [-0.25, -0.2) is 0 Å². The zero-order valence-electron chi connectivity index (χ0n) is 8.78. The highest BCUT2D eigenvalue weighted by Crippen LogP contribution is 2.15. The van der Waals surface area contributed by atoms with Gasteiger partial charge in [0.25, 0.3) is 0 Å². The first kappa shape index (κ1) is 13.8. The van der Waals surface area contributed by atoms with Gasteiger partial charge in [0.2, 0.25) is 0 Å². The average molecular weight is 205 g/mol. The molecule has 1 rings (SSSR count). The lowest BCUT2D eigenvalue weighted by atomic mass is 10.0. The molecule has 0 bridgehead atoms. The van der Waals surface area contributed by atoms with E-state index in [4.69, 9.17) is 21.1 Å². The van der Waals surface area contributed by atoms with Crippen LogP contribution in [-0.2, 0) is 0 Å². The lowest BCUT2D eigenvalue weighted by Gasteiger charge is -2.20. The summed E-state index contributed by atoms with van der Waals surface area (Å²) < 4.78 is 0. The molecule has 86 valence electrons. The van der Waals surface area contributed by atoms with E-state index in [1.54, 1.807) is 0 Å². The summed E-state index contributed by atoms with van der Waals surface area (Å²) in [5, 5.41) is 25.0. The van der Waals surface area contributed by atoms with Gasteiger partial charge in [0.1, 0.15) is 0 Å². The van der Waals surface area contributed by atoms with Crippen molar-refractivity contribution in [2.45, 2.75) is 44.1 Å². The van der Waals surface area contributed by atoms with Gasteiger partial charge in [-0.2, -0.15) is 0 Å². The second-order valence-electron chi connectivity index (χ2n) is 3.96. The minimum atomic E-state index is -1.21. The van der Waals surface area contributed by atoms with Gasteiger partial charge in [-0.1, -0.05) is 38.5 Å². The molecular weight excluding hydrogens is 182 g/mol. The minimum Gasteiger partial charge on any atom is -0.394 e. The Morgan fingerprint density at radius 1 is 0.714 bits per heavy atom. The van der Waals surface area contributed by atoms with Crippen molar-refractivity contribution in [3.8, 4) is 0 Å². The Labute approximate surface area is 85.7 Å². The zero-order valence-corrected chi connectivity index (χ0v) is 8.78. The Balaban J connectivity index is 0.000000249. The summed E-state index contributed by atoms with van der Waals surface area (Å²) in [5.41, 5.74) is 3.94. The molecule has 0 aromatic rings. The molecule has 0 amide bonds. The van der Waals surface area contributed by atoms with E-state index in [1.165, 1.54) is 38.5 Å². The number of hydrogen-bond acceptors (Lipinski definition) is 4. The maximum absolute atomic E-state index is 8.34. The van der Waals surface area contributed by atoms with Crippen LogP contribution in [0.4, 0.5) is 0 Å². The van der Waals surface area contributed by atoms with E-state index >= 15 is 0 Å². The molecule has 1 saturated carbocycles. The number of hydrogen-bond donors (Lipinski definition) is 4. The SMILES string of the molecule is C1CCCCC1.NC(CO)(CO)CO. The van der Waals surface area contributed by atoms with E-state index < -0.39 is 25.4 Å². The standard InChI is InChI=1S/C6H12.C4H11NO3/c1-2-4-6-5-3-1;5-4(1-6,2-7)3-8/h1-6H2;6-8H,1-3,5H2. The van der Waals surface area contributed by atoms with Gasteiger partial charge in [-0.3, -0.25) is 0 Å². The Kier molecular flexibility index (Phi) is 8.08. The van der Waals surface area contributed by atoms with Crippen molar-refractivity contribution < 1.29 is 15.3 Å². The first-order valence-electron chi connectivity index (χ1n) is 5.30. The lowest BCUT2D eigenvalue weighted by molar-refractivity contribution is 0.0698. The lowest BCUT2D eigenvalue weighted by Crippen LogP contribution is -2.50. The minimum absolute atomic E-state index is 0.403. The van der Waals surface area contributed by atoms with Gasteiger partial charge in [0, 0.05) is 0 Å². The van der Waals surface area contributed by atoms with Crippen LogP contribution in [0, 0.1) is 0 Å². The van der Waals surface area contributed by atoms with Crippen LogP contribution in [0.5, 0.6) is 0 Å². The molecule has 5 N–H and O–H groups in total. The van der Waals surface area contributed by atoms with Crippen molar-refractivity contribution in [3.63, 3.8) is 0 Å². The molecule has 4 heteroatoms. The molecule has 1 fully saturated rings. The Hall–Kier alpha value is -0.160. The zero-order chi connectivity index (χ0) is 10.9. The third kappa shape index (κ3) is 6.32. The first-order chi connectivity index (χ1) is 6.68. The largest absolute Gasteiger partial charge is 0.394 e. The molecule has 0 aromatic carbocycles. The van der Waals surface area contributed by atoms with Gasteiger partial charge in [0.05, 0.1) is 25.4 Å².